The number of nitrogens with zero attached hydrogens (tertiary/aromatic N) is 3. The third kappa shape index (κ3) is 4.32. The van der Waals surface area contributed by atoms with E-state index in [1.165, 1.54) is 0 Å². The van der Waals surface area contributed by atoms with Gasteiger partial charge in [-0.05, 0) is 43.4 Å². The van der Waals surface area contributed by atoms with E-state index in [0.717, 1.165) is 36.1 Å². The number of hydrogen-bond acceptors (Lipinski definition) is 4. The number of hydrogen-bond donors (Lipinski definition) is 1. The van der Waals surface area contributed by atoms with Crippen molar-refractivity contribution in [3.05, 3.63) is 64.7 Å². The maximum absolute atomic E-state index is 13.8. The van der Waals surface area contributed by atoms with E-state index in [1.807, 2.05) is 27.8 Å². The van der Waals surface area contributed by atoms with Gasteiger partial charge in [-0.25, -0.2) is 4.39 Å². The normalized spacial score (nSPS) is 18.9. The van der Waals surface area contributed by atoms with Crippen molar-refractivity contribution in [1.82, 2.24) is 20.0 Å². The van der Waals surface area contributed by atoms with Gasteiger partial charge in [0.1, 0.15) is 5.82 Å². The number of nitrogens with one attached hydrogen (secondary N) is 1. The summed E-state index contributed by atoms with van der Waals surface area (Å²) >= 11 is 0. The summed E-state index contributed by atoms with van der Waals surface area (Å²) in [5.74, 6) is -0.192. The van der Waals surface area contributed by atoms with Crippen LogP contribution >= 0.6 is 0 Å². The molecule has 0 bridgehead atoms. The Labute approximate surface area is 176 Å². The van der Waals surface area contributed by atoms with Crippen molar-refractivity contribution in [1.29, 1.82) is 0 Å². The Morgan fingerprint density at radius 1 is 1.40 bits per heavy atom. The fourth-order valence-corrected chi connectivity index (χ4v) is 4.23. The molecule has 2 aromatic rings. The number of aryl methyl sites for hydroxylation is 1. The lowest BCUT2D eigenvalue weighted by Gasteiger charge is -2.28. The first-order valence-corrected chi connectivity index (χ1v) is 10.6. The Balaban J connectivity index is 1.51. The van der Waals surface area contributed by atoms with Gasteiger partial charge in [0.2, 0.25) is 0 Å². The van der Waals surface area contributed by atoms with Crippen LogP contribution < -0.4 is 5.32 Å². The monoisotopic (exact) mass is 412 g/mol. The van der Waals surface area contributed by atoms with Crippen molar-refractivity contribution >= 4 is 5.91 Å². The number of morpholine rings is 1. The predicted molar refractivity (Wildman–Crippen MR) is 113 cm³/mol. The van der Waals surface area contributed by atoms with Crippen LogP contribution in [-0.2, 0) is 30.7 Å². The fourth-order valence-electron chi connectivity index (χ4n) is 4.23. The first-order chi connectivity index (χ1) is 14.6. The Kier molecular flexibility index (Phi) is 6.29. The smallest absolute Gasteiger partial charge is 0.274 e. The average Bonchev–Trinajstić information content (AvgIpc) is 3.12. The molecule has 1 unspecified atom stereocenters. The van der Waals surface area contributed by atoms with Gasteiger partial charge < -0.3 is 15.0 Å². The van der Waals surface area contributed by atoms with Gasteiger partial charge in [-0.15, -0.1) is 6.58 Å². The molecule has 1 atom stereocenters. The summed E-state index contributed by atoms with van der Waals surface area (Å²) in [6.45, 7) is 9.13. The molecule has 1 aromatic carbocycles. The lowest BCUT2D eigenvalue weighted by molar-refractivity contribution is 0.0297. The first-order valence-electron chi connectivity index (χ1n) is 10.6. The van der Waals surface area contributed by atoms with Gasteiger partial charge in [-0.1, -0.05) is 18.2 Å². The summed E-state index contributed by atoms with van der Waals surface area (Å²) in [5, 5.41) is 8.21. The first kappa shape index (κ1) is 20.8. The molecule has 1 aliphatic carbocycles. The van der Waals surface area contributed by atoms with Crippen LogP contribution in [0, 0.1) is 12.7 Å². The predicted octanol–water partition coefficient (Wildman–Crippen LogP) is 2.64. The highest BCUT2D eigenvalue weighted by Crippen LogP contribution is 2.26. The summed E-state index contributed by atoms with van der Waals surface area (Å²) in [6.07, 6.45) is 4.36. The molecular formula is C23H29FN4O2. The van der Waals surface area contributed by atoms with Crippen LogP contribution in [0.3, 0.4) is 0 Å². The second-order valence-corrected chi connectivity index (χ2v) is 8.05. The van der Waals surface area contributed by atoms with Crippen molar-refractivity contribution in [3.8, 4) is 0 Å². The number of carbonyl (C=O) groups is 1. The second-order valence-electron chi connectivity index (χ2n) is 8.05. The van der Waals surface area contributed by atoms with Gasteiger partial charge >= 0.3 is 0 Å². The second kappa shape index (κ2) is 9.10. The van der Waals surface area contributed by atoms with E-state index in [2.05, 4.69) is 17.0 Å². The number of allylic oxidation sites excluding steroid dienone is 1. The molecule has 7 heteroatoms. The molecule has 2 heterocycles. The van der Waals surface area contributed by atoms with Crippen LogP contribution in [-0.4, -0.2) is 52.9 Å². The Morgan fingerprint density at radius 2 is 2.20 bits per heavy atom. The van der Waals surface area contributed by atoms with Gasteiger partial charge in [0, 0.05) is 36.9 Å². The third-order valence-electron chi connectivity index (χ3n) is 5.98. The molecule has 30 heavy (non-hydrogen) atoms. The number of fused-ring (bicyclic) bond motifs is 1. The lowest BCUT2D eigenvalue weighted by atomic mass is 9.90. The molecule has 0 radical (unpaired) electrons. The Hall–Kier alpha value is -2.51. The number of aromatic nitrogens is 2. The van der Waals surface area contributed by atoms with Gasteiger partial charge in [0.25, 0.3) is 5.91 Å². The minimum Gasteiger partial charge on any atom is -0.378 e. The molecule has 0 saturated carbocycles. The minimum atomic E-state index is -0.177. The fraction of sp³-hybridized carbons (Fsp3) is 0.478. The van der Waals surface area contributed by atoms with Gasteiger partial charge in [0.05, 0.1) is 19.8 Å². The molecule has 1 saturated heterocycles. The lowest BCUT2D eigenvalue weighted by Crippen LogP contribution is -2.41. The zero-order valence-electron chi connectivity index (χ0n) is 17.5. The van der Waals surface area contributed by atoms with E-state index in [1.54, 1.807) is 13.0 Å². The van der Waals surface area contributed by atoms with E-state index in [9.17, 15) is 9.18 Å². The SMILES string of the molecule is C=CCn1nc(C(=O)N2CCOCC2)c2c1CCC(NCc1ccc(C)c(F)c1)C2. The van der Waals surface area contributed by atoms with Gasteiger partial charge in [0.15, 0.2) is 5.69 Å². The molecule has 1 fully saturated rings. The molecule has 1 aromatic heterocycles. The summed E-state index contributed by atoms with van der Waals surface area (Å²) < 4.78 is 21.1. The maximum Gasteiger partial charge on any atom is 0.274 e. The molecule has 1 amide bonds. The molecule has 0 spiro atoms. The van der Waals surface area contributed by atoms with Crippen LogP contribution in [0.15, 0.2) is 30.9 Å². The minimum absolute atomic E-state index is 0.0152. The highest BCUT2D eigenvalue weighted by molar-refractivity contribution is 5.94. The van der Waals surface area contributed by atoms with Gasteiger partial charge in [-0.2, -0.15) is 5.10 Å². The zero-order valence-corrected chi connectivity index (χ0v) is 17.5. The Bertz CT molecular complexity index is 934. The number of benzene rings is 1. The highest BCUT2D eigenvalue weighted by Gasteiger charge is 2.31. The molecular weight excluding hydrogens is 383 g/mol. The summed E-state index contributed by atoms with van der Waals surface area (Å²) in [4.78, 5) is 15.0. The number of rotatable bonds is 6. The quantitative estimate of drug-likeness (QED) is 0.741. The van der Waals surface area contributed by atoms with Crippen LogP contribution in [0.5, 0.6) is 0 Å². The largest absolute Gasteiger partial charge is 0.378 e. The summed E-state index contributed by atoms with van der Waals surface area (Å²) in [6, 6.07) is 5.57. The van der Waals surface area contributed by atoms with E-state index in [-0.39, 0.29) is 17.8 Å². The molecule has 1 aliphatic heterocycles. The average molecular weight is 413 g/mol. The highest BCUT2D eigenvalue weighted by atomic mass is 19.1. The van der Waals surface area contributed by atoms with Crippen molar-refractivity contribution in [3.63, 3.8) is 0 Å². The maximum atomic E-state index is 13.8. The van der Waals surface area contributed by atoms with Crippen LogP contribution in [0.2, 0.25) is 0 Å². The standard InChI is InChI=1S/C23H29FN4O2/c1-3-8-28-21-7-6-18(25-15-17-5-4-16(2)20(24)13-17)14-19(21)22(26-28)23(29)27-9-11-30-12-10-27/h3-5,13,18,25H,1,6-12,14-15H2,2H3. The van der Waals surface area contributed by atoms with Crippen LogP contribution in [0.4, 0.5) is 4.39 Å². The topological polar surface area (TPSA) is 59.4 Å². The van der Waals surface area contributed by atoms with Crippen LogP contribution in [0.25, 0.3) is 0 Å². The van der Waals surface area contributed by atoms with E-state index in [0.29, 0.717) is 50.7 Å². The summed E-state index contributed by atoms with van der Waals surface area (Å²) in [7, 11) is 0. The number of halogens is 1. The van der Waals surface area contributed by atoms with E-state index in [4.69, 9.17) is 4.74 Å². The number of amides is 1. The molecule has 160 valence electrons. The van der Waals surface area contributed by atoms with Crippen molar-refractivity contribution in [2.45, 2.75) is 45.3 Å². The van der Waals surface area contributed by atoms with Crippen molar-refractivity contribution < 1.29 is 13.9 Å². The van der Waals surface area contributed by atoms with Crippen LogP contribution in [0.1, 0.15) is 39.3 Å². The molecule has 1 N–H and O–H groups in total. The van der Waals surface area contributed by atoms with E-state index >= 15 is 0 Å². The zero-order chi connectivity index (χ0) is 21.1. The van der Waals surface area contributed by atoms with E-state index < -0.39 is 0 Å². The molecule has 4 rings (SSSR count). The number of carbonyl (C=O) groups excluding carboxylic acids is 1. The van der Waals surface area contributed by atoms with Crippen molar-refractivity contribution in [2.24, 2.45) is 0 Å². The third-order valence-corrected chi connectivity index (χ3v) is 5.98. The number of ether oxygens (including phenoxy) is 1. The summed E-state index contributed by atoms with van der Waals surface area (Å²) in [5.41, 5.74) is 4.30. The van der Waals surface area contributed by atoms with Gasteiger partial charge in [-0.3, -0.25) is 9.48 Å². The molecule has 2 aliphatic rings. The van der Waals surface area contributed by atoms with Crippen molar-refractivity contribution in [2.75, 3.05) is 26.3 Å². The molecule has 6 nitrogen and oxygen atoms in total. The Morgan fingerprint density at radius 3 is 2.93 bits per heavy atom.